The summed E-state index contributed by atoms with van der Waals surface area (Å²) in [4.78, 5) is 28.9. The fraction of sp³-hybridized carbons (Fsp3) is 0.364. The van der Waals surface area contributed by atoms with E-state index < -0.39 is 11.8 Å². The molecule has 0 radical (unpaired) electrons. The maximum absolute atomic E-state index is 12.1. The Hall–Kier alpha value is -3.26. The summed E-state index contributed by atoms with van der Waals surface area (Å²) in [6.45, 7) is 5.50. The Balaban J connectivity index is 1.13. The Labute approximate surface area is 175 Å². The van der Waals surface area contributed by atoms with E-state index in [4.69, 9.17) is 9.47 Å². The summed E-state index contributed by atoms with van der Waals surface area (Å²) < 4.78 is 10.5. The van der Waals surface area contributed by atoms with Crippen LogP contribution in [-0.4, -0.2) is 62.8 Å². The summed E-state index contributed by atoms with van der Waals surface area (Å²) >= 11 is 0. The highest BCUT2D eigenvalue weighted by atomic mass is 16.7. The van der Waals surface area contributed by atoms with Crippen LogP contribution in [0.2, 0.25) is 0 Å². The van der Waals surface area contributed by atoms with E-state index in [2.05, 4.69) is 44.7 Å². The minimum atomic E-state index is -0.689. The number of anilines is 2. The van der Waals surface area contributed by atoms with E-state index in [1.54, 1.807) is 18.2 Å². The normalized spacial score (nSPS) is 15.7. The summed E-state index contributed by atoms with van der Waals surface area (Å²) in [5.41, 5.74) is 1.76. The monoisotopic (exact) mass is 410 g/mol. The van der Waals surface area contributed by atoms with Crippen LogP contribution in [0.4, 0.5) is 11.4 Å². The second-order valence-electron chi connectivity index (χ2n) is 7.30. The molecule has 2 aromatic carbocycles. The molecule has 0 aliphatic carbocycles. The summed E-state index contributed by atoms with van der Waals surface area (Å²) in [5, 5.41) is 5.26. The minimum absolute atomic E-state index is 0.161. The number of para-hydroxylation sites is 1. The zero-order valence-electron chi connectivity index (χ0n) is 16.8. The first-order valence-corrected chi connectivity index (χ1v) is 10.2. The number of amides is 2. The number of nitrogens with zero attached hydrogens (tertiary/aromatic N) is 2. The SMILES string of the molecule is O=C(NCCCN1CCN(c2ccccc2)CC1)C(=O)Nc1ccc2c(c1)OCO2. The van der Waals surface area contributed by atoms with Gasteiger partial charge in [0.2, 0.25) is 6.79 Å². The summed E-state index contributed by atoms with van der Waals surface area (Å²) in [7, 11) is 0. The molecule has 4 rings (SSSR count). The quantitative estimate of drug-likeness (QED) is 0.557. The number of ether oxygens (including phenoxy) is 2. The van der Waals surface area contributed by atoms with E-state index in [-0.39, 0.29) is 6.79 Å². The van der Waals surface area contributed by atoms with Crippen LogP contribution >= 0.6 is 0 Å². The van der Waals surface area contributed by atoms with Crippen molar-refractivity contribution in [1.29, 1.82) is 0 Å². The Morgan fingerprint density at radius 2 is 1.67 bits per heavy atom. The van der Waals surface area contributed by atoms with Gasteiger partial charge in [0.05, 0.1) is 0 Å². The van der Waals surface area contributed by atoms with E-state index in [1.165, 1.54) is 5.69 Å². The molecule has 2 aliphatic rings. The van der Waals surface area contributed by atoms with Crippen LogP contribution in [0, 0.1) is 0 Å². The third kappa shape index (κ3) is 5.01. The Morgan fingerprint density at radius 3 is 2.47 bits per heavy atom. The molecule has 8 nitrogen and oxygen atoms in total. The number of carbonyl (C=O) groups excluding carboxylic acids is 2. The predicted molar refractivity (Wildman–Crippen MR) is 114 cm³/mol. The molecule has 2 aliphatic heterocycles. The van der Waals surface area contributed by atoms with Gasteiger partial charge in [-0.3, -0.25) is 14.5 Å². The van der Waals surface area contributed by atoms with Crippen LogP contribution in [-0.2, 0) is 9.59 Å². The molecule has 0 unspecified atom stereocenters. The third-order valence-electron chi connectivity index (χ3n) is 5.27. The molecular formula is C22H26N4O4. The number of piperazine rings is 1. The molecule has 30 heavy (non-hydrogen) atoms. The molecule has 1 saturated heterocycles. The molecule has 0 saturated carbocycles. The smallest absolute Gasteiger partial charge is 0.313 e. The average Bonchev–Trinajstić information content (AvgIpc) is 3.25. The molecule has 2 heterocycles. The molecular weight excluding hydrogens is 384 g/mol. The molecule has 1 fully saturated rings. The van der Waals surface area contributed by atoms with Gasteiger partial charge in [0, 0.05) is 50.2 Å². The molecule has 0 atom stereocenters. The van der Waals surface area contributed by atoms with E-state index >= 15 is 0 Å². The van der Waals surface area contributed by atoms with Gasteiger partial charge in [-0.1, -0.05) is 18.2 Å². The molecule has 2 amide bonds. The zero-order chi connectivity index (χ0) is 20.8. The fourth-order valence-corrected chi connectivity index (χ4v) is 3.62. The number of carbonyl (C=O) groups is 2. The van der Waals surface area contributed by atoms with E-state index in [1.807, 2.05) is 6.07 Å². The number of benzene rings is 2. The van der Waals surface area contributed by atoms with Crippen LogP contribution in [0.5, 0.6) is 11.5 Å². The van der Waals surface area contributed by atoms with Crippen LogP contribution in [0.1, 0.15) is 6.42 Å². The van der Waals surface area contributed by atoms with Gasteiger partial charge < -0.3 is 25.0 Å². The van der Waals surface area contributed by atoms with Crippen molar-refractivity contribution < 1.29 is 19.1 Å². The summed E-state index contributed by atoms with van der Waals surface area (Å²) in [6.07, 6.45) is 0.800. The van der Waals surface area contributed by atoms with Gasteiger partial charge in [0.15, 0.2) is 11.5 Å². The largest absolute Gasteiger partial charge is 0.454 e. The lowest BCUT2D eigenvalue weighted by molar-refractivity contribution is -0.136. The predicted octanol–water partition coefficient (Wildman–Crippen LogP) is 1.68. The van der Waals surface area contributed by atoms with Gasteiger partial charge in [0.25, 0.3) is 0 Å². The van der Waals surface area contributed by atoms with Gasteiger partial charge in [-0.15, -0.1) is 0 Å². The first-order chi connectivity index (χ1) is 14.7. The van der Waals surface area contributed by atoms with Crippen molar-refractivity contribution in [2.75, 3.05) is 56.3 Å². The van der Waals surface area contributed by atoms with Crippen molar-refractivity contribution in [3.8, 4) is 11.5 Å². The molecule has 8 heteroatoms. The van der Waals surface area contributed by atoms with Crippen molar-refractivity contribution >= 4 is 23.2 Å². The maximum Gasteiger partial charge on any atom is 0.313 e. The number of hydrogen-bond donors (Lipinski definition) is 2. The summed E-state index contributed by atoms with van der Waals surface area (Å²) in [6, 6.07) is 15.5. The average molecular weight is 410 g/mol. The fourth-order valence-electron chi connectivity index (χ4n) is 3.62. The van der Waals surface area contributed by atoms with Gasteiger partial charge in [-0.2, -0.15) is 0 Å². The van der Waals surface area contributed by atoms with Gasteiger partial charge in [-0.05, 0) is 37.2 Å². The molecule has 0 aromatic heterocycles. The van der Waals surface area contributed by atoms with Gasteiger partial charge in [0.1, 0.15) is 0 Å². The highest BCUT2D eigenvalue weighted by Gasteiger charge is 2.18. The molecule has 0 bridgehead atoms. The van der Waals surface area contributed by atoms with Crippen LogP contribution in [0.15, 0.2) is 48.5 Å². The number of rotatable bonds is 6. The maximum atomic E-state index is 12.1. The second-order valence-corrected chi connectivity index (χ2v) is 7.30. The first kappa shape index (κ1) is 20.0. The van der Waals surface area contributed by atoms with Crippen LogP contribution in [0.25, 0.3) is 0 Å². The summed E-state index contributed by atoms with van der Waals surface area (Å²) in [5.74, 6) is -0.144. The van der Waals surface area contributed by atoms with E-state index in [9.17, 15) is 9.59 Å². The van der Waals surface area contributed by atoms with Crippen LogP contribution < -0.4 is 25.0 Å². The number of nitrogens with one attached hydrogen (secondary N) is 2. The van der Waals surface area contributed by atoms with Gasteiger partial charge in [-0.25, -0.2) is 0 Å². The molecule has 2 N–H and O–H groups in total. The number of fused-ring (bicyclic) bond motifs is 1. The third-order valence-corrected chi connectivity index (χ3v) is 5.27. The van der Waals surface area contributed by atoms with Crippen molar-refractivity contribution in [2.24, 2.45) is 0 Å². The van der Waals surface area contributed by atoms with Gasteiger partial charge >= 0.3 is 11.8 Å². The topological polar surface area (TPSA) is 83.1 Å². The van der Waals surface area contributed by atoms with Crippen LogP contribution in [0.3, 0.4) is 0 Å². The van der Waals surface area contributed by atoms with Crippen molar-refractivity contribution in [2.45, 2.75) is 6.42 Å². The van der Waals surface area contributed by atoms with E-state index in [0.29, 0.717) is 23.7 Å². The second kappa shape index (κ2) is 9.49. The van der Waals surface area contributed by atoms with Crippen molar-refractivity contribution in [1.82, 2.24) is 10.2 Å². The highest BCUT2D eigenvalue weighted by Crippen LogP contribution is 2.34. The Kier molecular flexibility index (Phi) is 6.34. The van der Waals surface area contributed by atoms with E-state index in [0.717, 1.165) is 39.1 Å². The molecule has 2 aromatic rings. The van der Waals surface area contributed by atoms with Crippen molar-refractivity contribution in [3.05, 3.63) is 48.5 Å². The minimum Gasteiger partial charge on any atom is -0.454 e. The number of hydrogen-bond acceptors (Lipinski definition) is 6. The lowest BCUT2D eigenvalue weighted by atomic mass is 10.2. The molecule has 0 spiro atoms. The Bertz CT molecular complexity index is 882. The first-order valence-electron chi connectivity index (χ1n) is 10.2. The lowest BCUT2D eigenvalue weighted by Gasteiger charge is -2.36. The lowest BCUT2D eigenvalue weighted by Crippen LogP contribution is -2.47. The standard InChI is InChI=1S/C22H26N4O4/c27-21(22(28)24-17-7-8-19-20(15-17)30-16-29-19)23-9-4-10-25-11-13-26(14-12-25)18-5-2-1-3-6-18/h1-3,5-8,15H,4,9-14,16H2,(H,23,27)(H,24,28). The zero-order valence-corrected chi connectivity index (χ0v) is 16.8. The highest BCUT2D eigenvalue weighted by molar-refractivity contribution is 6.39. The molecule has 158 valence electrons. The van der Waals surface area contributed by atoms with Crippen molar-refractivity contribution in [3.63, 3.8) is 0 Å². The Morgan fingerprint density at radius 1 is 0.900 bits per heavy atom.